The zero-order valence-corrected chi connectivity index (χ0v) is 20.9. The maximum Gasteiger partial charge on any atom is 0.251 e. The highest BCUT2D eigenvalue weighted by atomic mass is 32.1. The molecule has 0 aliphatic heterocycles. The number of amides is 1. The minimum atomic E-state index is -0.151. The van der Waals surface area contributed by atoms with Gasteiger partial charge in [-0.3, -0.25) is 4.79 Å². The van der Waals surface area contributed by atoms with Crippen molar-refractivity contribution in [3.05, 3.63) is 60.0 Å². The van der Waals surface area contributed by atoms with Gasteiger partial charge in [0.15, 0.2) is 0 Å². The monoisotopic (exact) mass is 484 g/mol. The van der Waals surface area contributed by atoms with Crippen molar-refractivity contribution in [2.75, 3.05) is 51.1 Å². The molecule has 9 nitrogen and oxygen atoms in total. The van der Waals surface area contributed by atoms with Crippen LogP contribution in [0, 0.1) is 0 Å². The number of aromatic nitrogens is 3. The highest BCUT2D eigenvalue weighted by molar-refractivity contribution is 7.59. The molecule has 34 heavy (non-hydrogen) atoms. The van der Waals surface area contributed by atoms with Crippen LogP contribution in [0.5, 0.6) is 5.75 Å². The number of aliphatic hydroxyl groups is 1. The first-order valence-corrected chi connectivity index (χ1v) is 10.7. The summed E-state index contributed by atoms with van der Waals surface area (Å²) in [5, 5.41) is 15.1. The Balaban J connectivity index is 0.00000408. The van der Waals surface area contributed by atoms with E-state index in [1.165, 1.54) is 6.33 Å². The molecule has 182 valence electrons. The first-order valence-electron chi connectivity index (χ1n) is 10.7. The SMILES string of the molecule is CNC(=O)c1ccc([C@H](C)CNc2cc(-c3ccc(N(C)CCO)nc3)ncn2)c(OC)c1.S. The third-order valence-corrected chi connectivity index (χ3v) is 5.38. The predicted octanol–water partition coefficient (Wildman–Crippen LogP) is 2.66. The molecule has 3 N–H and O–H groups in total. The second-order valence-electron chi connectivity index (χ2n) is 7.66. The summed E-state index contributed by atoms with van der Waals surface area (Å²) in [6.45, 7) is 3.29. The van der Waals surface area contributed by atoms with Gasteiger partial charge in [0.05, 0.1) is 19.4 Å². The van der Waals surface area contributed by atoms with E-state index in [0.717, 1.165) is 22.6 Å². The average molecular weight is 485 g/mol. The third kappa shape index (κ3) is 6.58. The molecule has 3 rings (SSSR count). The number of benzene rings is 1. The number of nitrogens with one attached hydrogen (secondary N) is 2. The number of rotatable bonds is 10. The van der Waals surface area contributed by atoms with Crippen molar-refractivity contribution in [1.29, 1.82) is 0 Å². The van der Waals surface area contributed by atoms with Gasteiger partial charge in [0.2, 0.25) is 0 Å². The fourth-order valence-electron chi connectivity index (χ4n) is 3.41. The van der Waals surface area contributed by atoms with Crippen LogP contribution in [-0.2, 0) is 0 Å². The summed E-state index contributed by atoms with van der Waals surface area (Å²) in [4.78, 5) is 26.9. The molecule has 0 unspecified atom stereocenters. The number of ether oxygens (including phenoxy) is 1. The van der Waals surface area contributed by atoms with Crippen molar-refractivity contribution in [1.82, 2.24) is 20.3 Å². The van der Waals surface area contributed by atoms with Gasteiger partial charge in [-0.25, -0.2) is 15.0 Å². The lowest BCUT2D eigenvalue weighted by molar-refractivity contribution is 0.0962. The van der Waals surface area contributed by atoms with Crippen LogP contribution in [0.1, 0.15) is 28.8 Å². The summed E-state index contributed by atoms with van der Waals surface area (Å²) in [5.41, 5.74) is 3.19. The second kappa shape index (κ2) is 12.8. The van der Waals surface area contributed by atoms with E-state index < -0.39 is 0 Å². The van der Waals surface area contributed by atoms with Crippen molar-refractivity contribution in [3.8, 4) is 17.0 Å². The van der Waals surface area contributed by atoms with Crippen molar-refractivity contribution in [3.63, 3.8) is 0 Å². The van der Waals surface area contributed by atoms with Crippen molar-refractivity contribution in [2.24, 2.45) is 0 Å². The fraction of sp³-hybridized carbons (Fsp3) is 0.333. The normalized spacial score (nSPS) is 11.2. The smallest absolute Gasteiger partial charge is 0.251 e. The van der Waals surface area contributed by atoms with E-state index >= 15 is 0 Å². The van der Waals surface area contributed by atoms with E-state index in [1.54, 1.807) is 32.5 Å². The number of aliphatic hydroxyl groups excluding tert-OH is 1. The Morgan fingerprint density at radius 1 is 1.18 bits per heavy atom. The third-order valence-electron chi connectivity index (χ3n) is 5.38. The molecule has 0 saturated carbocycles. The molecule has 2 aromatic heterocycles. The minimum Gasteiger partial charge on any atom is -0.496 e. The van der Waals surface area contributed by atoms with Gasteiger partial charge < -0.3 is 25.4 Å². The summed E-state index contributed by atoms with van der Waals surface area (Å²) in [5.74, 6) is 2.12. The lowest BCUT2D eigenvalue weighted by Crippen LogP contribution is -2.21. The number of pyridine rings is 1. The summed E-state index contributed by atoms with van der Waals surface area (Å²) in [6, 6.07) is 11.2. The molecule has 1 atom stereocenters. The van der Waals surface area contributed by atoms with Gasteiger partial charge in [-0.1, -0.05) is 13.0 Å². The largest absolute Gasteiger partial charge is 0.496 e. The van der Waals surface area contributed by atoms with E-state index in [9.17, 15) is 4.79 Å². The standard InChI is InChI=1S/C24H30N6O3.H2S/c1-16(19-7-5-17(24(32)25-2)11-21(19)33-4)13-26-22-12-20(28-15-29-22)18-6-8-23(27-14-18)30(3)9-10-31;/h5-8,11-12,14-16,31H,9-10,13H2,1-4H3,(H,25,32)(H,26,28,29);1H2/t16-;/m1./s1. The lowest BCUT2D eigenvalue weighted by atomic mass is 9.98. The fourth-order valence-corrected chi connectivity index (χ4v) is 3.41. The molecule has 1 aromatic carbocycles. The molecule has 0 saturated heterocycles. The summed E-state index contributed by atoms with van der Waals surface area (Å²) in [7, 11) is 5.09. The Morgan fingerprint density at radius 2 is 1.97 bits per heavy atom. The predicted molar refractivity (Wildman–Crippen MR) is 139 cm³/mol. The van der Waals surface area contributed by atoms with Crippen molar-refractivity contribution >= 4 is 31.0 Å². The Bertz CT molecular complexity index is 1080. The minimum absolute atomic E-state index is 0. The molecule has 3 aromatic rings. The molecule has 0 bridgehead atoms. The summed E-state index contributed by atoms with van der Waals surface area (Å²) >= 11 is 0. The number of hydrogen-bond donors (Lipinski definition) is 3. The number of carbonyl (C=O) groups excluding carboxylic acids is 1. The van der Waals surface area contributed by atoms with Crippen LogP contribution in [0.25, 0.3) is 11.3 Å². The topological polar surface area (TPSA) is 113 Å². The summed E-state index contributed by atoms with van der Waals surface area (Å²) in [6.07, 6.45) is 3.28. The average Bonchev–Trinajstić information content (AvgIpc) is 2.86. The van der Waals surface area contributed by atoms with Crippen LogP contribution in [0.4, 0.5) is 11.6 Å². The van der Waals surface area contributed by atoms with E-state index in [-0.39, 0.29) is 31.9 Å². The van der Waals surface area contributed by atoms with Gasteiger partial charge >= 0.3 is 0 Å². The van der Waals surface area contributed by atoms with Gasteiger partial charge in [0.1, 0.15) is 23.7 Å². The Hall–Kier alpha value is -3.37. The molecular formula is C24H32N6O3S. The number of hydrogen-bond acceptors (Lipinski definition) is 8. The second-order valence-corrected chi connectivity index (χ2v) is 7.66. The molecule has 0 fully saturated rings. The van der Waals surface area contributed by atoms with Crippen molar-refractivity contribution in [2.45, 2.75) is 12.8 Å². The highest BCUT2D eigenvalue weighted by Gasteiger charge is 2.15. The lowest BCUT2D eigenvalue weighted by Gasteiger charge is -2.18. The van der Waals surface area contributed by atoms with E-state index in [2.05, 4.69) is 32.5 Å². The molecule has 0 aliphatic rings. The quantitative estimate of drug-likeness (QED) is 0.403. The molecule has 10 heteroatoms. The Labute approximate surface area is 207 Å². The molecular weight excluding hydrogens is 452 g/mol. The number of nitrogens with zero attached hydrogens (tertiary/aromatic N) is 4. The number of methoxy groups -OCH3 is 1. The molecule has 0 aliphatic carbocycles. The first-order chi connectivity index (χ1) is 16.0. The number of anilines is 2. The van der Waals surface area contributed by atoms with Crippen LogP contribution in [0.2, 0.25) is 0 Å². The number of carbonyl (C=O) groups is 1. The maximum absolute atomic E-state index is 11.9. The van der Waals surface area contributed by atoms with Crippen LogP contribution in [-0.4, -0.2) is 66.9 Å². The molecule has 0 spiro atoms. The number of likely N-dealkylation sites (N-methyl/N-ethyl adjacent to an activating group) is 1. The van der Waals surface area contributed by atoms with E-state index in [4.69, 9.17) is 9.84 Å². The zero-order valence-electron chi connectivity index (χ0n) is 19.9. The molecule has 0 radical (unpaired) electrons. The Kier molecular flexibility index (Phi) is 10.1. The van der Waals surface area contributed by atoms with Crippen LogP contribution in [0.3, 0.4) is 0 Å². The van der Waals surface area contributed by atoms with Crippen LogP contribution >= 0.6 is 13.5 Å². The van der Waals surface area contributed by atoms with E-state index in [1.807, 2.05) is 36.2 Å². The molecule has 2 heterocycles. The maximum atomic E-state index is 11.9. The zero-order chi connectivity index (χ0) is 23.8. The molecule has 1 amide bonds. The summed E-state index contributed by atoms with van der Waals surface area (Å²) < 4.78 is 5.51. The van der Waals surface area contributed by atoms with Gasteiger partial charge in [0, 0.05) is 56.5 Å². The van der Waals surface area contributed by atoms with Gasteiger partial charge in [-0.05, 0) is 29.8 Å². The van der Waals surface area contributed by atoms with Crippen LogP contribution in [0.15, 0.2) is 48.9 Å². The van der Waals surface area contributed by atoms with Gasteiger partial charge in [-0.15, -0.1) is 0 Å². The van der Waals surface area contributed by atoms with E-state index in [0.29, 0.717) is 30.2 Å². The van der Waals surface area contributed by atoms with Crippen LogP contribution < -0.4 is 20.3 Å². The van der Waals surface area contributed by atoms with Crippen molar-refractivity contribution < 1.29 is 14.6 Å². The first kappa shape index (κ1) is 26.9. The highest BCUT2D eigenvalue weighted by Crippen LogP contribution is 2.28. The van der Waals surface area contributed by atoms with Gasteiger partial charge in [0.25, 0.3) is 5.91 Å². The van der Waals surface area contributed by atoms with Gasteiger partial charge in [-0.2, -0.15) is 13.5 Å². The Morgan fingerprint density at radius 3 is 2.62 bits per heavy atom.